The Morgan fingerprint density at radius 1 is 1.52 bits per heavy atom. The van der Waals surface area contributed by atoms with E-state index in [-0.39, 0.29) is 18.6 Å². The van der Waals surface area contributed by atoms with E-state index >= 15 is 0 Å². The van der Waals surface area contributed by atoms with Crippen molar-refractivity contribution >= 4 is 12.0 Å². The van der Waals surface area contributed by atoms with E-state index in [1.807, 2.05) is 25.4 Å². The molecule has 0 bridgehead atoms. The number of methoxy groups -OCH3 is 1. The van der Waals surface area contributed by atoms with Crippen molar-refractivity contribution < 1.29 is 14.3 Å². The number of aromatic nitrogens is 1. The summed E-state index contributed by atoms with van der Waals surface area (Å²) in [6.45, 7) is 3.46. The van der Waals surface area contributed by atoms with Crippen LogP contribution in [-0.4, -0.2) is 61.8 Å². The van der Waals surface area contributed by atoms with Gasteiger partial charge in [0, 0.05) is 19.3 Å². The molecule has 0 aromatic carbocycles. The summed E-state index contributed by atoms with van der Waals surface area (Å²) in [5, 5.41) is 3.19. The van der Waals surface area contributed by atoms with Gasteiger partial charge >= 0.3 is 0 Å². The summed E-state index contributed by atoms with van der Waals surface area (Å²) in [6.07, 6.45) is 8.66. The summed E-state index contributed by atoms with van der Waals surface area (Å²) in [5.41, 5.74) is 1.01. The van der Waals surface area contributed by atoms with Gasteiger partial charge in [0.05, 0.1) is 19.3 Å². The molecule has 1 aromatic heterocycles. The maximum Gasteiger partial charge on any atom is 0.248 e. The molecule has 6 heteroatoms. The smallest absolute Gasteiger partial charge is 0.248 e. The van der Waals surface area contributed by atoms with Crippen molar-refractivity contribution in [2.45, 2.75) is 25.5 Å². The molecule has 126 valence electrons. The van der Waals surface area contributed by atoms with Crippen molar-refractivity contribution in [2.24, 2.45) is 0 Å². The van der Waals surface area contributed by atoms with Crippen molar-refractivity contribution in [3.05, 3.63) is 30.1 Å². The Balaban J connectivity index is 1.81. The van der Waals surface area contributed by atoms with Gasteiger partial charge in [-0.25, -0.2) is 0 Å². The van der Waals surface area contributed by atoms with Gasteiger partial charge in [-0.15, -0.1) is 0 Å². The van der Waals surface area contributed by atoms with Crippen LogP contribution >= 0.6 is 0 Å². The number of likely N-dealkylation sites (tertiary alicyclic amines) is 1. The summed E-state index contributed by atoms with van der Waals surface area (Å²) in [6, 6.07) is 2.41. The van der Waals surface area contributed by atoms with Crippen LogP contribution in [0.15, 0.2) is 24.5 Å². The standard InChI is InChI=1S/C17H25N3O3/c1-13(18-2)5-4-6-14-7-15(9-19-8-14)23-16-10-20(11-16)17(21)12-22-3/h4,6-9,13,16,18H,5,10-12H2,1-3H3/t13-/m0/s1. The highest BCUT2D eigenvalue weighted by atomic mass is 16.5. The molecule has 0 radical (unpaired) electrons. The summed E-state index contributed by atoms with van der Waals surface area (Å²) in [5.74, 6) is 0.735. The second-order valence-corrected chi connectivity index (χ2v) is 5.75. The Morgan fingerprint density at radius 3 is 3.00 bits per heavy atom. The lowest BCUT2D eigenvalue weighted by Gasteiger charge is -2.38. The SMILES string of the molecule is CN[C@@H](C)CC=Cc1cncc(OC2CN(C(=O)COC)C2)c1. The third-order valence-corrected chi connectivity index (χ3v) is 3.80. The molecular formula is C17H25N3O3. The van der Waals surface area contributed by atoms with E-state index < -0.39 is 0 Å². The molecule has 0 spiro atoms. The highest BCUT2D eigenvalue weighted by molar-refractivity contribution is 5.78. The highest BCUT2D eigenvalue weighted by Gasteiger charge is 2.31. The van der Waals surface area contributed by atoms with Crippen LogP contribution in [0.2, 0.25) is 0 Å². The first kappa shape index (κ1) is 17.4. The van der Waals surface area contributed by atoms with Gasteiger partial charge in [-0.05, 0) is 32.0 Å². The van der Waals surface area contributed by atoms with Crippen LogP contribution in [0, 0.1) is 0 Å². The fraction of sp³-hybridized carbons (Fsp3) is 0.529. The number of hydrogen-bond acceptors (Lipinski definition) is 5. The molecule has 1 atom stereocenters. The number of carbonyl (C=O) groups excluding carboxylic acids is 1. The zero-order chi connectivity index (χ0) is 16.7. The lowest BCUT2D eigenvalue weighted by molar-refractivity contribution is -0.143. The Labute approximate surface area is 137 Å². The highest BCUT2D eigenvalue weighted by Crippen LogP contribution is 2.19. The number of ether oxygens (including phenoxy) is 2. The predicted molar refractivity (Wildman–Crippen MR) is 89.3 cm³/mol. The summed E-state index contributed by atoms with van der Waals surface area (Å²) in [4.78, 5) is 17.5. The first-order valence-electron chi connectivity index (χ1n) is 7.84. The summed E-state index contributed by atoms with van der Waals surface area (Å²) < 4.78 is 10.7. The van der Waals surface area contributed by atoms with E-state index in [0.29, 0.717) is 19.1 Å². The van der Waals surface area contributed by atoms with Crippen molar-refractivity contribution in [2.75, 3.05) is 33.9 Å². The number of carbonyl (C=O) groups is 1. The van der Waals surface area contributed by atoms with Gasteiger partial charge < -0.3 is 19.7 Å². The first-order chi connectivity index (χ1) is 11.1. The van der Waals surface area contributed by atoms with Gasteiger partial charge in [-0.1, -0.05) is 12.2 Å². The van der Waals surface area contributed by atoms with Crippen LogP contribution < -0.4 is 10.1 Å². The number of pyridine rings is 1. The minimum atomic E-state index is 0.000752. The van der Waals surface area contributed by atoms with E-state index in [9.17, 15) is 4.79 Å². The molecule has 1 N–H and O–H groups in total. The van der Waals surface area contributed by atoms with Gasteiger partial charge in [0.2, 0.25) is 5.91 Å². The minimum Gasteiger partial charge on any atom is -0.485 e. The topological polar surface area (TPSA) is 63.7 Å². The maximum absolute atomic E-state index is 11.6. The zero-order valence-corrected chi connectivity index (χ0v) is 14.0. The van der Waals surface area contributed by atoms with Gasteiger partial charge in [-0.3, -0.25) is 9.78 Å². The molecule has 6 nitrogen and oxygen atoms in total. The van der Waals surface area contributed by atoms with Crippen molar-refractivity contribution in [1.29, 1.82) is 0 Å². The van der Waals surface area contributed by atoms with Gasteiger partial charge in [-0.2, -0.15) is 0 Å². The summed E-state index contributed by atoms with van der Waals surface area (Å²) >= 11 is 0. The van der Waals surface area contributed by atoms with Crippen LogP contribution in [0.5, 0.6) is 5.75 Å². The quantitative estimate of drug-likeness (QED) is 0.783. The van der Waals surface area contributed by atoms with Crippen molar-refractivity contribution in [1.82, 2.24) is 15.2 Å². The molecule has 1 saturated heterocycles. The van der Waals surface area contributed by atoms with E-state index in [1.165, 1.54) is 7.11 Å². The molecule has 1 amide bonds. The molecule has 1 aliphatic rings. The third-order valence-electron chi connectivity index (χ3n) is 3.80. The Bertz CT molecular complexity index is 542. The number of amides is 1. The van der Waals surface area contributed by atoms with Crippen LogP contribution in [-0.2, 0) is 9.53 Å². The lowest BCUT2D eigenvalue weighted by Crippen LogP contribution is -2.57. The second-order valence-electron chi connectivity index (χ2n) is 5.75. The second kappa shape index (κ2) is 8.64. The summed E-state index contributed by atoms with van der Waals surface area (Å²) in [7, 11) is 3.47. The number of nitrogens with zero attached hydrogens (tertiary/aromatic N) is 2. The number of nitrogens with one attached hydrogen (secondary N) is 1. The number of hydrogen-bond donors (Lipinski definition) is 1. The van der Waals surface area contributed by atoms with Crippen LogP contribution in [0.3, 0.4) is 0 Å². The van der Waals surface area contributed by atoms with Crippen LogP contribution in [0.25, 0.3) is 6.08 Å². The van der Waals surface area contributed by atoms with E-state index in [4.69, 9.17) is 9.47 Å². The fourth-order valence-electron chi connectivity index (χ4n) is 2.24. The fourth-order valence-corrected chi connectivity index (χ4v) is 2.24. The number of rotatable bonds is 8. The molecule has 0 unspecified atom stereocenters. The monoisotopic (exact) mass is 319 g/mol. The molecule has 0 saturated carbocycles. The van der Waals surface area contributed by atoms with Crippen molar-refractivity contribution in [3.8, 4) is 5.75 Å². The third kappa shape index (κ3) is 5.33. The average molecular weight is 319 g/mol. The van der Waals surface area contributed by atoms with Gasteiger partial charge in [0.15, 0.2) is 0 Å². The van der Waals surface area contributed by atoms with Crippen LogP contribution in [0.1, 0.15) is 18.9 Å². The normalized spacial score (nSPS) is 16.4. The Hall–Kier alpha value is -1.92. The molecular weight excluding hydrogens is 294 g/mol. The van der Waals surface area contributed by atoms with Gasteiger partial charge in [0.25, 0.3) is 0 Å². The molecule has 2 heterocycles. The minimum absolute atomic E-state index is 0.000752. The first-order valence-corrected chi connectivity index (χ1v) is 7.84. The molecule has 23 heavy (non-hydrogen) atoms. The van der Waals surface area contributed by atoms with Crippen LogP contribution in [0.4, 0.5) is 0 Å². The van der Waals surface area contributed by atoms with E-state index in [0.717, 1.165) is 17.7 Å². The Kier molecular flexibility index (Phi) is 6.55. The molecule has 1 fully saturated rings. The largest absolute Gasteiger partial charge is 0.485 e. The maximum atomic E-state index is 11.6. The zero-order valence-electron chi connectivity index (χ0n) is 14.0. The van der Waals surface area contributed by atoms with E-state index in [2.05, 4.69) is 23.3 Å². The molecule has 0 aliphatic carbocycles. The van der Waals surface area contributed by atoms with Crippen molar-refractivity contribution in [3.63, 3.8) is 0 Å². The van der Waals surface area contributed by atoms with Gasteiger partial charge in [0.1, 0.15) is 18.5 Å². The lowest BCUT2D eigenvalue weighted by atomic mass is 10.1. The molecule has 2 rings (SSSR count). The average Bonchev–Trinajstić information content (AvgIpc) is 2.51. The molecule has 1 aromatic rings. The molecule has 1 aliphatic heterocycles. The van der Waals surface area contributed by atoms with E-state index in [1.54, 1.807) is 11.1 Å². The predicted octanol–water partition coefficient (Wildman–Crippen LogP) is 1.33. The Morgan fingerprint density at radius 2 is 2.30 bits per heavy atom.